The second-order valence-electron chi connectivity index (χ2n) is 5.09. The van der Waals surface area contributed by atoms with Crippen molar-refractivity contribution in [3.63, 3.8) is 0 Å². The lowest BCUT2D eigenvalue weighted by Crippen LogP contribution is -2.12. The third-order valence-electron chi connectivity index (χ3n) is 3.15. The Bertz CT molecular complexity index is 573. The van der Waals surface area contributed by atoms with Crippen LogP contribution in [0.4, 0.5) is 0 Å². The second-order valence-corrected chi connectivity index (χ2v) is 5.52. The van der Waals surface area contributed by atoms with Crippen LogP contribution in [-0.4, -0.2) is 25.5 Å². The molecule has 2 aromatic rings. The predicted molar refractivity (Wildman–Crippen MR) is 88.1 cm³/mol. The van der Waals surface area contributed by atoms with E-state index in [0.29, 0.717) is 0 Å². The fourth-order valence-corrected chi connectivity index (χ4v) is 2.33. The van der Waals surface area contributed by atoms with Gasteiger partial charge in [-0.2, -0.15) is 0 Å². The quantitative estimate of drug-likeness (QED) is 0.768. The zero-order valence-electron chi connectivity index (χ0n) is 12.0. The summed E-state index contributed by atoms with van der Waals surface area (Å²) in [6.45, 7) is 1.04. The Balaban J connectivity index is 2.34. The summed E-state index contributed by atoms with van der Waals surface area (Å²) in [4.78, 5) is 2.19. The lowest BCUT2D eigenvalue weighted by molar-refractivity contribution is 0.417. The molecular formula is C18H20ClN. The molecule has 20 heavy (non-hydrogen) atoms. The van der Waals surface area contributed by atoms with Gasteiger partial charge in [0.2, 0.25) is 0 Å². The first-order valence-corrected chi connectivity index (χ1v) is 7.21. The molecule has 0 saturated heterocycles. The molecule has 0 amide bonds. The summed E-state index contributed by atoms with van der Waals surface area (Å²) in [5, 5.41) is 0.775. The molecule has 2 rings (SSSR count). The maximum atomic E-state index is 6.13. The molecule has 2 heteroatoms. The zero-order valence-corrected chi connectivity index (χ0v) is 12.8. The molecule has 0 aliphatic carbocycles. The third kappa shape index (κ3) is 4.22. The highest BCUT2D eigenvalue weighted by Gasteiger charge is 2.05. The summed E-state index contributed by atoms with van der Waals surface area (Å²) >= 11 is 6.13. The van der Waals surface area contributed by atoms with Crippen LogP contribution in [0.3, 0.4) is 0 Å². The summed E-state index contributed by atoms with van der Waals surface area (Å²) in [5.41, 5.74) is 3.64. The molecule has 0 unspecified atom stereocenters. The van der Waals surface area contributed by atoms with Gasteiger partial charge in [-0.15, -0.1) is 0 Å². The van der Waals surface area contributed by atoms with Crippen LogP contribution < -0.4 is 0 Å². The fraction of sp³-hybridized carbons (Fsp3) is 0.222. The number of rotatable bonds is 5. The fourth-order valence-electron chi connectivity index (χ4n) is 2.14. The first kappa shape index (κ1) is 14.8. The number of hydrogen-bond acceptors (Lipinski definition) is 1. The van der Waals surface area contributed by atoms with Gasteiger partial charge in [-0.3, -0.25) is 0 Å². The van der Waals surface area contributed by atoms with Crippen LogP contribution in [0.2, 0.25) is 5.02 Å². The molecule has 1 nitrogen and oxygen atoms in total. The van der Waals surface area contributed by atoms with Crippen molar-refractivity contribution in [1.82, 2.24) is 4.90 Å². The van der Waals surface area contributed by atoms with Crippen molar-refractivity contribution >= 4 is 17.2 Å². The maximum absolute atomic E-state index is 6.13. The van der Waals surface area contributed by atoms with Crippen LogP contribution in [0.1, 0.15) is 17.5 Å². The van der Waals surface area contributed by atoms with E-state index in [-0.39, 0.29) is 0 Å². The second kappa shape index (κ2) is 7.28. The van der Waals surface area contributed by atoms with Gasteiger partial charge >= 0.3 is 0 Å². The van der Waals surface area contributed by atoms with Gasteiger partial charge in [-0.25, -0.2) is 0 Å². The van der Waals surface area contributed by atoms with Gasteiger partial charge in [-0.1, -0.05) is 60.1 Å². The highest BCUT2D eigenvalue weighted by Crippen LogP contribution is 2.26. The van der Waals surface area contributed by atoms with Crippen LogP contribution >= 0.6 is 11.6 Å². The van der Waals surface area contributed by atoms with Crippen molar-refractivity contribution in [2.24, 2.45) is 0 Å². The van der Waals surface area contributed by atoms with E-state index >= 15 is 0 Å². The average Bonchev–Trinajstić information content (AvgIpc) is 2.44. The molecular weight excluding hydrogens is 266 g/mol. The average molecular weight is 286 g/mol. The summed E-state index contributed by atoms with van der Waals surface area (Å²) in [7, 11) is 4.19. The molecule has 0 atom stereocenters. The van der Waals surface area contributed by atoms with Crippen molar-refractivity contribution < 1.29 is 0 Å². The third-order valence-corrected chi connectivity index (χ3v) is 3.38. The summed E-state index contributed by atoms with van der Waals surface area (Å²) < 4.78 is 0. The maximum Gasteiger partial charge on any atom is 0.0412 e. The van der Waals surface area contributed by atoms with Crippen molar-refractivity contribution in [3.05, 3.63) is 76.8 Å². The van der Waals surface area contributed by atoms with E-state index in [9.17, 15) is 0 Å². The normalized spacial score (nSPS) is 11.9. The molecule has 0 saturated carbocycles. The molecule has 0 N–H and O–H groups in total. The van der Waals surface area contributed by atoms with E-state index in [4.69, 9.17) is 11.6 Å². The van der Waals surface area contributed by atoms with E-state index in [1.54, 1.807) is 0 Å². The Hall–Kier alpha value is -1.57. The van der Waals surface area contributed by atoms with Crippen LogP contribution in [0.15, 0.2) is 60.7 Å². The zero-order chi connectivity index (χ0) is 14.4. The standard InChI is InChI=1S/C18H20ClN/c1-20(2)13-7-12-18(15-8-4-3-5-9-15)16-10-6-11-17(19)14-16/h3-6,8-12,14H,7,13H2,1-2H3/b18-12+. The topological polar surface area (TPSA) is 3.24 Å². The van der Waals surface area contributed by atoms with Crippen LogP contribution in [0, 0.1) is 0 Å². The van der Waals surface area contributed by atoms with Crippen molar-refractivity contribution in [2.45, 2.75) is 6.42 Å². The minimum atomic E-state index is 0.775. The van der Waals surface area contributed by atoms with Crippen LogP contribution in [-0.2, 0) is 0 Å². The first-order chi connectivity index (χ1) is 9.66. The number of hydrogen-bond donors (Lipinski definition) is 0. The van der Waals surface area contributed by atoms with Gasteiger partial charge in [0.05, 0.1) is 0 Å². The summed E-state index contributed by atoms with van der Waals surface area (Å²) in [5.74, 6) is 0. The van der Waals surface area contributed by atoms with Crippen molar-refractivity contribution in [1.29, 1.82) is 0 Å². The Labute approximate surface area is 126 Å². The van der Waals surface area contributed by atoms with Gasteiger partial charge < -0.3 is 4.90 Å². The Morgan fingerprint density at radius 2 is 1.70 bits per heavy atom. The van der Waals surface area contributed by atoms with Crippen LogP contribution in [0.5, 0.6) is 0 Å². The Morgan fingerprint density at radius 1 is 1.00 bits per heavy atom. The Morgan fingerprint density at radius 3 is 2.35 bits per heavy atom. The van der Waals surface area contributed by atoms with Gasteiger partial charge in [0.25, 0.3) is 0 Å². The molecule has 2 aromatic carbocycles. The Kier molecular flexibility index (Phi) is 5.40. The predicted octanol–water partition coefficient (Wildman–Crippen LogP) is 4.72. The largest absolute Gasteiger partial charge is 0.309 e. The van der Waals surface area contributed by atoms with E-state index < -0.39 is 0 Å². The molecule has 104 valence electrons. The van der Waals surface area contributed by atoms with Crippen LogP contribution in [0.25, 0.3) is 5.57 Å². The SMILES string of the molecule is CN(C)CC/C=C(\c1ccccc1)c1cccc(Cl)c1. The monoisotopic (exact) mass is 285 g/mol. The molecule has 0 bridgehead atoms. The summed E-state index contributed by atoms with van der Waals surface area (Å²) in [6, 6.07) is 18.5. The summed E-state index contributed by atoms with van der Waals surface area (Å²) in [6.07, 6.45) is 3.31. The number of halogens is 1. The molecule has 0 aliphatic heterocycles. The van der Waals surface area contributed by atoms with E-state index in [1.165, 1.54) is 16.7 Å². The highest BCUT2D eigenvalue weighted by atomic mass is 35.5. The van der Waals surface area contributed by atoms with Gasteiger partial charge in [0, 0.05) is 11.6 Å². The van der Waals surface area contributed by atoms with Gasteiger partial charge in [0.1, 0.15) is 0 Å². The minimum absolute atomic E-state index is 0.775. The molecule has 0 aliphatic rings. The molecule has 0 radical (unpaired) electrons. The lowest BCUT2D eigenvalue weighted by atomic mass is 9.97. The number of nitrogens with zero attached hydrogens (tertiary/aromatic N) is 1. The number of benzene rings is 2. The van der Waals surface area contributed by atoms with Crippen molar-refractivity contribution in [3.8, 4) is 0 Å². The first-order valence-electron chi connectivity index (χ1n) is 6.83. The molecule has 0 heterocycles. The van der Waals surface area contributed by atoms with E-state index in [2.05, 4.69) is 55.4 Å². The van der Waals surface area contributed by atoms with Gasteiger partial charge in [0.15, 0.2) is 0 Å². The van der Waals surface area contributed by atoms with E-state index in [0.717, 1.165) is 18.0 Å². The molecule has 0 aromatic heterocycles. The molecule has 0 spiro atoms. The molecule has 0 fully saturated rings. The smallest absolute Gasteiger partial charge is 0.0412 e. The lowest BCUT2D eigenvalue weighted by Gasteiger charge is -2.11. The van der Waals surface area contributed by atoms with E-state index in [1.807, 2.05) is 24.3 Å². The minimum Gasteiger partial charge on any atom is -0.309 e. The highest BCUT2D eigenvalue weighted by molar-refractivity contribution is 6.30. The van der Waals surface area contributed by atoms with Crippen molar-refractivity contribution in [2.75, 3.05) is 20.6 Å². The van der Waals surface area contributed by atoms with Gasteiger partial charge in [-0.05, 0) is 49.3 Å².